The predicted octanol–water partition coefficient (Wildman–Crippen LogP) is 4.94. The first-order chi connectivity index (χ1) is 18.0. The Morgan fingerprint density at radius 2 is 1.78 bits per heavy atom. The summed E-state index contributed by atoms with van der Waals surface area (Å²) in [5, 5.41) is 10.8. The number of hydrogen-bond acceptors (Lipinski definition) is 6. The average Bonchev–Trinajstić information content (AvgIpc) is 3.45. The number of hydroxylamine groups is 2. The second-order valence-corrected chi connectivity index (χ2v) is 9.27. The van der Waals surface area contributed by atoms with Crippen molar-refractivity contribution in [3.05, 3.63) is 88.5 Å². The molecule has 2 aliphatic heterocycles. The first-order valence-electron chi connectivity index (χ1n) is 12.6. The maximum absolute atomic E-state index is 11.7. The van der Waals surface area contributed by atoms with Gasteiger partial charge in [-0.25, -0.2) is 10.0 Å². The third-order valence-electron chi connectivity index (χ3n) is 7.17. The van der Waals surface area contributed by atoms with Crippen LogP contribution in [0.1, 0.15) is 34.7 Å². The standard InChI is InChI=1S/C30H32N3O4/c1-4-33(35,20-34)27-17-22(18-28(36-2)29(27)37-3)10-9-21-11-13-23(14-12-21)26-19-24-7-5-6-8-25(24)30-31-15-16-32(26)30/h5-8,11-14,17-20,35H,4,9-10,15-16H2,1-3H3/q+1. The van der Waals surface area contributed by atoms with Crippen molar-refractivity contribution >= 4 is 29.7 Å². The highest BCUT2D eigenvalue weighted by atomic mass is 16.6. The van der Waals surface area contributed by atoms with Crippen LogP contribution in [0.3, 0.4) is 0 Å². The molecule has 0 aromatic heterocycles. The molecule has 0 saturated heterocycles. The molecule has 5 rings (SSSR count). The number of rotatable bonds is 9. The molecule has 2 heterocycles. The lowest BCUT2D eigenvalue weighted by Crippen LogP contribution is -2.44. The van der Waals surface area contributed by atoms with Gasteiger partial charge in [0.2, 0.25) is 11.4 Å². The lowest BCUT2D eigenvalue weighted by atomic mass is 9.96. The Kier molecular flexibility index (Phi) is 6.82. The van der Waals surface area contributed by atoms with Gasteiger partial charge in [-0.2, -0.15) is 0 Å². The molecule has 1 unspecified atom stereocenters. The van der Waals surface area contributed by atoms with Crippen molar-refractivity contribution < 1.29 is 19.5 Å². The van der Waals surface area contributed by atoms with E-state index in [1.165, 1.54) is 29.5 Å². The molecule has 3 aromatic carbocycles. The Labute approximate surface area is 217 Å². The molecule has 3 aromatic rings. The van der Waals surface area contributed by atoms with Gasteiger partial charge in [0.05, 0.1) is 26.5 Å². The monoisotopic (exact) mass is 498 g/mol. The molecule has 7 heteroatoms. The number of nitrogens with zero attached hydrogens (tertiary/aromatic N) is 3. The lowest BCUT2D eigenvalue weighted by molar-refractivity contribution is -0.145. The maximum Gasteiger partial charge on any atom is 0.338 e. The van der Waals surface area contributed by atoms with Gasteiger partial charge in [0.15, 0.2) is 5.75 Å². The van der Waals surface area contributed by atoms with Gasteiger partial charge >= 0.3 is 6.41 Å². The van der Waals surface area contributed by atoms with Gasteiger partial charge in [0.25, 0.3) is 0 Å². The van der Waals surface area contributed by atoms with E-state index < -0.39 is 4.65 Å². The van der Waals surface area contributed by atoms with Crippen LogP contribution in [-0.4, -0.2) is 56.2 Å². The molecule has 0 fully saturated rings. The number of carbonyl (C=O) groups excluding carboxylic acids is 1. The minimum absolute atomic E-state index is 0.178. The molecule has 7 nitrogen and oxygen atoms in total. The number of methoxy groups -OCH3 is 2. The second kappa shape index (κ2) is 10.2. The van der Waals surface area contributed by atoms with Gasteiger partial charge in [-0.15, -0.1) is 0 Å². The van der Waals surface area contributed by atoms with E-state index in [1.54, 1.807) is 14.0 Å². The largest absolute Gasteiger partial charge is 0.493 e. The summed E-state index contributed by atoms with van der Waals surface area (Å²) in [6, 6.07) is 20.8. The molecule has 37 heavy (non-hydrogen) atoms. The molecule has 0 radical (unpaired) electrons. The summed E-state index contributed by atoms with van der Waals surface area (Å²) in [6.07, 6.45) is 4.27. The van der Waals surface area contributed by atoms with Crippen molar-refractivity contribution in [2.24, 2.45) is 4.99 Å². The number of hydrogen-bond donors (Lipinski definition) is 1. The fourth-order valence-corrected chi connectivity index (χ4v) is 5.07. The average molecular weight is 499 g/mol. The van der Waals surface area contributed by atoms with Crippen LogP contribution in [0, 0.1) is 0 Å². The molecular formula is C30H32N3O4+. The number of amides is 1. The van der Waals surface area contributed by atoms with Crippen molar-refractivity contribution in [3.63, 3.8) is 0 Å². The van der Waals surface area contributed by atoms with Crippen molar-refractivity contribution in [2.45, 2.75) is 19.8 Å². The topological polar surface area (TPSA) is 71.4 Å². The fourth-order valence-electron chi connectivity index (χ4n) is 5.07. The molecule has 1 amide bonds. The maximum atomic E-state index is 11.7. The number of quaternary nitrogens is 1. The Bertz CT molecular complexity index is 1380. The minimum atomic E-state index is -0.873. The van der Waals surface area contributed by atoms with Crippen molar-refractivity contribution in [1.29, 1.82) is 0 Å². The molecule has 1 atom stereocenters. The summed E-state index contributed by atoms with van der Waals surface area (Å²) in [7, 11) is 3.06. The Balaban J connectivity index is 1.38. The van der Waals surface area contributed by atoms with Gasteiger partial charge in [0, 0.05) is 18.2 Å². The van der Waals surface area contributed by atoms with Crippen LogP contribution in [-0.2, 0) is 17.6 Å². The Morgan fingerprint density at radius 3 is 2.49 bits per heavy atom. The highest BCUT2D eigenvalue weighted by Gasteiger charge is 2.33. The number of amidine groups is 1. The van der Waals surface area contributed by atoms with Crippen LogP contribution in [0.4, 0.5) is 5.69 Å². The first kappa shape index (κ1) is 24.7. The van der Waals surface area contributed by atoms with E-state index >= 15 is 0 Å². The van der Waals surface area contributed by atoms with E-state index in [2.05, 4.69) is 59.5 Å². The summed E-state index contributed by atoms with van der Waals surface area (Å²) >= 11 is 0. The van der Waals surface area contributed by atoms with Crippen molar-refractivity contribution in [3.8, 4) is 11.5 Å². The van der Waals surface area contributed by atoms with E-state index in [9.17, 15) is 10.0 Å². The van der Waals surface area contributed by atoms with Crippen molar-refractivity contribution in [2.75, 3.05) is 33.9 Å². The minimum Gasteiger partial charge on any atom is -0.493 e. The number of ether oxygens (including phenoxy) is 2. The second-order valence-electron chi connectivity index (χ2n) is 9.27. The molecule has 190 valence electrons. The zero-order valence-electron chi connectivity index (χ0n) is 21.5. The van der Waals surface area contributed by atoms with Crippen LogP contribution in [0.2, 0.25) is 0 Å². The van der Waals surface area contributed by atoms with Crippen LogP contribution in [0.25, 0.3) is 11.8 Å². The molecule has 0 saturated carbocycles. The van der Waals surface area contributed by atoms with E-state index in [0.717, 1.165) is 36.5 Å². The number of fused-ring (bicyclic) bond motifs is 3. The number of aryl methyl sites for hydroxylation is 2. The van der Waals surface area contributed by atoms with E-state index in [0.29, 0.717) is 30.0 Å². The van der Waals surface area contributed by atoms with E-state index in [4.69, 9.17) is 14.5 Å². The zero-order valence-corrected chi connectivity index (χ0v) is 21.5. The quantitative estimate of drug-likeness (QED) is 0.196. The molecule has 1 N–H and O–H groups in total. The summed E-state index contributed by atoms with van der Waals surface area (Å²) in [4.78, 5) is 18.8. The SMILES string of the molecule is CC[N+](O)(C=O)c1cc(CCc2ccc(C3=Cc4ccccc4C4=NCCN34)cc2)cc(OC)c1OC. The number of aliphatic imine (C=N–C) groups is 1. The first-order valence-corrected chi connectivity index (χ1v) is 12.6. The summed E-state index contributed by atoms with van der Waals surface area (Å²) in [6.45, 7) is 3.62. The highest BCUT2D eigenvalue weighted by molar-refractivity contribution is 6.12. The smallest absolute Gasteiger partial charge is 0.338 e. The van der Waals surface area contributed by atoms with Crippen LogP contribution < -0.4 is 14.1 Å². The predicted molar refractivity (Wildman–Crippen MR) is 146 cm³/mol. The van der Waals surface area contributed by atoms with E-state index in [1.807, 2.05) is 12.1 Å². The summed E-state index contributed by atoms with van der Waals surface area (Å²) in [5.74, 6) is 1.91. The van der Waals surface area contributed by atoms with Gasteiger partial charge in [0.1, 0.15) is 12.4 Å². The fraction of sp³-hybridized carbons (Fsp3) is 0.267. The third kappa shape index (κ3) is 4.52. The van der Waals surface area contributed by atoms with Crippen molar-refractivity contribution in [1.82, 2.24) is 9.55 Å². The molecule has 2 aliphatic rings. The van der Waals surface area contributed by atoms with Gasteiger partial charge in [-0.3, -0.25) is 4.99 Å². The van der Waals surface area contributed by atoms with E-state index in [-0.39, 0.29) is 6.54 Å². The Morgan fingerprint density at radius 1 is 1.03 bits per heavy atom. The Hall–Kier alpha value is -3.94. The molecular weight excluding hydrogens is 466 g/mol. The van der Waals surface area contributed by atoms with Crippen LogP contribution >= 0.6 is 0 Å². The molecule has 0 bridgehead atoms. The van der Waals surface area contributed by atoms with Gasteiger partial charge < -0.3 is 14.4 Å². The van der Waals surface area contributed by atoms with Crippen LogP contribution in [0.5, 0.6) is 11.5 Å². The van der Waals surface area contributed by atoms with Crippen LogP contribution in [0.15, 0.2) is 65.7 Å². The zero-order chi connectivity index (χ0) is 26.0. The number of carbonyl (C=O) groups is 1. The summed E-state index contributed by atoms with van der Waals surface area (Å²) in [5.41, 5.74) is 7.25. The molecule has 0 aliphatic carbocycles. The highest BCUT2D eigenvalue weighted by Crippen LogP contribution is 2.41. The normalized spacial score (nSPS) is 15.7. The van der Waals surface area contributed by atoms with Gasteiger partial charge in [-0.1, -0.05) is 53.2 Å². The van der Waals surface area contributed by atoms with Gasteiger partial charge in [-0.05, 0) is 54.2 Å². The lowest BCUT2D eigenvalue weighted by Gasteiger charge is -2.29. The summed E-state index contributed by atoms with van der Waals surface area (Å²) < 4.78 is 10.1. The third-order valence-corrected chi connectivity index (χ3v) is 7.17. The molecule has 0 spiro atoms. The number of benzene rings is 3.